The molecule has 2 aromatic carbocycles. The lowest BCUT2D eigenvalue weighted by atomic mass is 10.1. The maximum absolute atomic E-state index is 11.1. The number of phosphoric ester groups is 1. The summed E-state index contributed by atoms with van der Waals surface area (Å²) >= 11 is 1.25. The van der Waals surface area contributed by atoms with E-state index in [1.807, 2.05) is 0 Å². The Bertz CT molecular complexity index is 1070. The first-order valence-electron chi connectivity index (χ1n) is 8.42. The molecule has 1 aromatic heterocycles. The summed E-state index contributed by atoms with van der Waals surface area (Å²) in [6, 6.07) is 8.22. The molecule has 0 bridgehead atoms. The number of phosphoric acid groups is 1. The number of hydrogen-bond acceptors (Lipinski definition) is 10. The van der Waals surface area contributed by atoms with Gasteiger partial charge in [-0.15, -0.1) is 16.9 Å². The smallest absolute Gasteiger partial charge is 0.203 e. The van der Waals surface area contributed by atoms with Crippen molar-refractivity contribution in [2.24, 2.45) is 0 Å². The van der Waals surface area contributed by atoms with Crippen molar-refractivity contribution in [3.63, 3.8) is 0 Å². The van der Waals surface area contributed by atoms with Crippen molar-refractivity contribution in [3.05, 3.63) is 36.5 Å². The summed E-state index contributed by atoms with van der Waals surface area (Å²) in [7, 11) is -0.726. The monoisotopic (exact) mass is 451 g/mol. The number of hydrogen-bond donors (Lipinski definition) is 0. The van der Waals surface area contributed by atoms with Crippen LogP contribution in [0.5, 0.6) is 23.0 Å². The third-order valence-electron chi connectivity index (χ3n) is 4.11. The summed E-state index contributed by atoms with van der Waals surface area (Å²) in [6.07, 6.45) is 3.24. The second-order valence-corrected chi connectivity index (χ2v) is 7.74. The van der Waals surface area contributed by atoms with Crippen LogP contribution in [0.15, 0.2) is 41.4 Å². The van der Waals surface area contributed by atoms with Crippen LogP contribution in [0.1, 0.15) is 0 Å². The maximum Gasteiger partial charge on any atom is 0.203 e. The highest BCUT2D eigenvalue weighted by Crippen LogP contribution is 2.41. The van der Waals surface area contributed by atoms with E-state index in [4.69, 9.17) is 14.2 Å². The van der Waals surface area contributed by atoms with E-state index in [0.29, 0.717) is 39.1 Å². The van der Waals surface area contributed by atoms with Gasteiger partial charge in [-0.25, -0.2) is 4.68 Å². The molecule has 3 aromatic rings. The van der Waals surface area contributed by atoms with E-state index in [2.05, 4.69) is 14.8 Å². The number of ether oxygens (including phenoxy) is 3. The number of rotatable bonds is 8. The molecule has 1 heterocycles. The summed E-state index contributed by atoms with van der Waals surface area (Å²) in [5.41, 5.74) is 1.62. The van der Waals surface area contributed by atoms with Crippen molar-refractivity contribution < 1.29 is 33.1 Å². The Morgan fingerprint density at radius 1 is 1.00 bits per heavy atom. The van der Waals surface area contributed by atoms with Crippen molar-refractivity contribution in [2.45, 2.75) is 4.90 Å². The van der Waals surface area contributed by atoms with Crippen LogP contribution in [0.25, 0.3) is 16.9 Å². The average Bonchev–Trinajstić information content (AvgIpc) is 3.21. The van der Waals surface area contributed by atoms with Crippen LogP contribution in [-0.2, 0) is 4.57 Å². The minimum absolute atomic E-state index is 0.0639. The zero-order chi connectivity index (χ0) is 21.9. The minimum Gasteiger partial charge on any atom is -0.780 e. The largest absolute Gasteiger partial charge is 0.780 e. The third kappa shape index (κ3) is 4.54. The van der Waals surface area contributed by atoms with Gasteiger partial charge in [-0.3, -0.25) is 0 Å². The fourth-order valence-corrected chi connectivity index (χ4v) is 3.80. The quantitative estimate of drug-likeness (QED) is 0.369. The van der Waals surface area contributed by atoms with E-state index in [0.717, 1.165) is 0 Å². The Labute approximate surface area is 177 Å². The van der Waals surface area contributed by atoms with Crippen LogP contribution in [0.4, 0.5) is 0 Å². The van der Waals surface area contributed by atoms with E-state index in [-0.39, 0.29) is 5.75 Å². The molecule has 0 atom stereocenters. The number of benzene rings is 2. The van der Waals surface area contributed by atoms with Gasteiger partial charge in [-0.2, -0.15) is 0 Å². The standard InChI is InChI=1S/C18H20N3O7PS/c1-25-15-8-12(9-16(26-2)18(15)27-3)21-13(10-19-20-21)11-5-6-17(30-4)14(7-11)28-29(22,23)24/h5-10H,1-4H3,(H2,22,23,24)/p-2. The zero-order valence-electron chi connectivity index (χ0n) is 16.5. The molecule has 160 valence electrons. The Hall–Kier alpha value is -2.72. The van der Waals surface area contributed by atoms with E-state index >= 15 is 0 Å². The highest BCUT2D eigenvalue weighted by Gasteiger charge is 2.18. The maximum atomic E-state index is 11.1. The highest BCUT2D eigenvalue weighted by molar-refractivity contribution is 7.98. The summed E-state index contributed by atoms with van der Waals surface area (Å²) in [5.74, 6) is 1.21. The molecule has 10 nitrogen and oxygen atoms in total. The SMILES string of the molecule is COc1cc(-n2nncc2-c2ccc(SC)c(OP(=O)([O-])[O-])c2)cc(OC)c1OC. The average molecular weight is 451 g/mol. The molecule has 0 spiro atoms. The van der Waals surface area contributed by atoms with E-state index < -0.39 is 7.82 Å². The van der Waals surface area contributed by atoms with Crippen molar-refractivity contribution in [1.29, 1.82) is 0 Å². The Kier molecular flexibility index (Phi) is 6.57. The lowest BCUT2D eigenvalue weighted by molar-refractivity contribution is -0.333. The van der Waals surface area contributed by atoms with Crippen molar-refractivity contribution in [2.75, 3.05) is 27.6 Å². The van der Waals surface area contributed by atoms with Gasteiger partial charge < -0.3 is 33.1 Å². The van der Waals surface area contributed by atoms with Gasteiger partial charge in [0.15, 0.2) is 11.5 Å². The molecule has 0 amide bonds. The molecule has 3 rings (SSSR count). The molecule has 0 saturated carbocycles. The third-order valence-corrected chi connectivity index (χ3v) is 5.31. The summed E-state index contributed by atoms with van der Waals surface area (Å²) in [5, 5.41) is 8.06. The predicted molar refractivity (Wildman–Crippen MR) is 106 cm³/mol. The van der Waals surface area contributed by atoms with Crippen LogP contribution in [0, 0.1) is 0 Å². The predicted octanol–water partition coefficient (Wildman–Crippen LogP) is 1.89. The molecular formula is C18H18N3O7PS-2. The molecular weight excluding hydrogens is 433 g/mol. The molecule has 0 unspecified atom stereocenters. The van der Waals surface area contributed by atoms with Crippen LogP contribution >= 0.6 is 19.6 Å². The van der Waals surface area contributed by atoms with Crippen LogP contribution < -0.4 is 28.5 Å². The number of nitrogens with zero attached hydrogens (tertiary/aromatic N) is 3. The highest BCUT2D eigenvalue weighted by atomic mass is 32.2. The first-order valence-corrected chi connectivity index (χ1v) is 11.1. The van der Waals surface area contributed by atoms with Gasteiger partial charge in [-0.05, 0) is 18.4 Å². The van der Waals surface area contributed by atoms with Crippen LogP contribution in [0.2, 0.25) is 0 Å². The van der Waals surface area contributed by atoms with Gasteiger partial charge in [-0.1, -0.05) is 11.3 Å². The first-order chi connectivity index (χ1) is 14.3. The summed E-state index contributed by atoms with van der Waals surface area (Å²) in [6.45, 7) is 0. The molecule has 0 aliphatic rings. The number of aromatic nitrogens is 3. The van der Waals surface area contributed by atoms with Gasteiger partial charge in [0, 0.05) is 22.6 Å². The van der Waals surface area contributed by atoms with E-state index in [1.54, 1.807) is 30.5 Å². The normalized spacial score (nSPS) is 11.3. The second kappa shape index (κ2) is 8.97. The van der Waals surface area contributed by atoms with Crippen LogP contribution in [-0.4, -0.2) is 42.6 Å². The summed E-state index contributed by atoms with van der Waals surface area (Å²) in [4.78, 5) is 22.8. The zero-order valence-corrected chi connectivity index (χ0v) is 18.2. The molecule has 0 radical (unpaired) electrons. The number of methoxy groups -OCH3 is 3. The van der Waals surface area contributed by atoms with Crippen molar-refractivity contribution >= 4 is 19.6 Å². The van der Waals surface area contributed by atoms with Gasteiger partial charge in [0.25, 0.3) is 0 Å². The molecule has 0 fully saturated rings. The van der Waals surface area contributed by atoms with Crippen molar-refractivity contribution in [3.8, 4) is 39.9 Å². The van der Waals surface area contributed by atoms with Crippen LogP contribution in [0.3, 0.4) is 0 Å². The fraction of sp³-hybridized carbons (Fsp3) is 0.222. The lowest BCUT2D eigenvalue weighted by Gasteiger charge is -2.30. The Morgan fingerprint density at radius 3 is 2.20 bits per heavy atom. The number of thioether (sulfide) groups is 1. The van der Waals surface area contributed by atoms with Gasteiger partial charge >= 0.3 is 0 Å². The topological polar surface area (TPSA) is 131 Å². The first kappa shape index (κ1) is 22.0. The van der Waals surface area contributed by atoms with E-state index in [1.165, 1.54) is 50.0 Å². The molecule has 12 heteroatoms. The van der Waals surface area contributed by atoms with Gasteiger partial charge in [0.05, 0.1) is 38.9 Å². The molecule has 0 N–H and O–H groups in total. The van der Waals surface area contributed by atoms with Gasteiger partial charge in [0.2, 0.25) is 5.75 Å². The molecule has 0 aliphatic carbocycles. The second-order valence-electron chi connectivity index (χ2n) is 5.82. The van der Waals surface area contributed by atoms with E-state index in [9.17, 15) is 14.4 Å². The Morgan fingerprint density at radius 2 is 1.67 bits per heavy atom. The lowest BCUT2D eigenvalue weighted by Crippen LogP contribution is -2.18. The summed E-state index contributed by atoms with van der Waals surface area (Å²) < 4.78 is 33.4. The fourth-order valence-electron chi connectivity index (χ4n) is 2.84. The molecule has 0 saturated heterocycles. The molecule has 30 heavy (non-hydrogen) atoms. The van der Waals surface area contributed by atoms with Gasteiger partial charge in [0.1, 0.15) is 13.6 Å². The van der Waals surface area contributed by atoms with Crippen molar-refractivity contribution in [1.82, 2.24) is 15.0 Å². The molecule has 0 aliphatic heterocycles. The Balaban J connectivity index is 2.13. The minimum atomic E-state index is -5.22.